The summed E-state index contributed by atoms with van der Waals surface area (Å²) in [7, 11) is 0. The number of aryl methyl sites for hydroxylation is 3. The molecule has 0 unspecified atom stereocenters. The van der Waals surface area contributed by atoms with E-state index in [0.717, 1.165) is 29.8 Å². The van der Waals surface area contributed by atoms with Crippen LogP contribution in [0, 0.1) is 0 Å². The van der Waals surface area contributed by atoms with Gasteiger partial charge in [-0.05, 0) is 46.0 Å². The minimum Gasteiger partial charge on any atom is -0.397 e. The first kappa shape index (κ1) is 22.3. The highest BCUT2D eigenvalue weighted by molar-refractivity contribution is 5.95. The molecule has 0 saturated carbocycles. The molecule has 0 spiro atoms. The Morgan fingerprint density at radius 3 is 2.54 bits per heavy atom. The molecular formula is C29H27N5O. The van der Waals surface area contributed by atoms with E-state index in [1.807, 2.05) is 59.4 Å². The van der Waals surface area contributed by atoms with Crippen LogP contribution in [-0.2, 0) is 24.2 Å². The fourth-order valence-electron chi connectivity index (χ4n) is 4.24. The third-order valence-corrected chi connectivity index (χ3v) is 6.12. The van der Waals surface area contributed by atoms with Crippen molar-refractivity contribution in [2.45, 2.75) is 25.8 Å². The van der Waals surface area contributed by atoms with Crippen LogP contribution < -0.4 is 11.1 Å². The fraction of sp³-hybridized carbons (Fsp3) is 0.138. The topological polar surface area (TPSA) is 85.8 Å². The van der Waals surface area contributed by atoms with Gasteiger partial charge in [0.1, 0.15) is 0 Å². The highest BCUT2D eigenvalue weighted by Gasteiger charge is 2.10. The average molecular weight is 462 g/mol. The molecule has 0 fully saturated rings. The Hall–Kier alpha value is -4.45. The molecular weight excluding hydrogens is 434 g/mol. The first-order chi connectivity index (χ1) is 17.2. The number of rotatable bonds is 8. The summed E-state index contributed by atoms with van der Waals surface area (Å²) in [4.78, 5) is 12.6. The van der Waals surface area contributed by atoms with Gasteiger partial charge >= 0.3 is 0 Å². The largest absolute Gasteiger partial charge is 0.397 e. The summed E-state index contributed by atoms with van der Waals surface area (Å²) < 4.78 is 1.84. The summed E-state index contributed by atoms with van der Waals surface area (Å²) in [6.45, 7) is 0.732. The van der Waals surface area contributed by atoms with Crippen molar-refractivity contribution in [2.75, 3.05) is 11.1 Å². The van der Waals surface area contributed by atoms with Gasteiger partial charge in [0.25, 0.3) is 0 Å². The van der Waals surface area contributed by atoms with Crippen LogP contribution in [0.1, 0.15) is 17.7 Å². The lowest BCUT2D eigenvalue weighted by atomic mass is 10.0. The average Bonchev–Trinajstić information content (AvgIpc) is 3.36. The number of nitrogen functional groups attached to an aromatic ring is 1. The van der Waals surface area contributed by atoms with Gasteiger partial charge in [0.2, 0.25) is 5.91 Å². The molecule has 0 radical (unpaired) electrons. The second kappa shape index (κ2) is 10.2. The quantitative estimate of drug-likeness (QED) is 0.299. The van der Waals surface area contributed by atoms with Crippen molar-refractivity contribution < 1.29 is 4.79 Å². The smallest absolute Gasteiger partial charge is 0.224 e. The van der Waals surface area contributed by atoms with Crippen LogP contribution in [0.15, 0.2) is 97.2 Å². The fourth-order valence-corrected chi connectivity index (χ4v) is 4.24. The van der Waals surface area contributed by atoms with Gasteiger partial charge in [-0.15, -0.1) is 5.10 Å². The minimum atomic E-state index is -0.104. The Balaban J connectivity index is 1.17. The van der Waals surface area contributed by atoms with Gasteiger partial charge in [-0.1, -0.05) is 84.1 Å². The minimum absolute atomic E-state index is 0.104. The molecule has 5 aromatic rings. The maximum Gasteiger partial charge on any atom is 0.224 e. The predicted octanol–water partition coefficient (Wildman–Crippen LogP) is 5.49. The number of aromatic nitrogens is 3. The van der Waals surface area contributed by atoms with Crippen molar-refractivity contribution in [1.29, 1.82) is 0 Å². The SMILES string of the molecule is Nc1ccc(-c2ccccc2)cc1NC(=O)CCc1cn(CCc2cccc3ccccc23)nn1. The Labute approximate surface area is 204 Å². The predicted molar refractivity (Wildman–Crippen MR) is 141 cm³/mol. The van der Waals surface area contributed by atoms with E-state index in [-0.39, 0.29) is 5.91 Å². The molecule has 0 aliphatic heterocycles. The lowest BCUT2D eigenvalue weighted by Gasteiger charge is -2.10. The second-order valence-corrected chi connectivity index (χ2v) is 8.58. The number of benzene rings is 4. The summed E-state index contributed by atoms with van der Waals surface area (Å²) in [5.41, 5.74) is 11.4. The van der Waals surface area contributed by atoms with Crippen molar-refractivity contribution in [3.05, 3.63) is 108 Å². The van der Waals surface area contributed by atoms with E-state index in [1.54, 1.807) is 0 Å². The van der Waals surface area contributed by atoms with E-state index < -0.39 is 0 Å². The molecule has 174 valence electrons. The molecule has 0 bridgehead atoms. The number of nitrogens with one attached hydrogen (secondary N) is 1. The van der Waals surface area contributed by atoms with Crippen LogP contribution in [0.4, 0.5) is 11.4 Å². The summed E-state index contributed by atoms with van der Waals surface area (Å²) in [6.07, 6.45) is 3.60. The molecule has 6 nitrogen and oxygen atoms in total. The summed E-state index contributed by atoms with van der Waals surface area (Å²) in [5.74, 6) is -0.104. The van der Waals surface area contributed by atoms with Gasteiger partial charge in [-0.2, -0.15) is 0 Å². The van der Waals surface area contributed by atoms with Gasteiger partial charge in [-0.25, -0.2) is 0 Å². The van der Waals surface area contributed by atoms with Gasteiger partial charge in [0, 0.05) is 25.6 Å². The molecule has 5 rings (SSSR count). The zero-order valence-electron chi connectivity index (χ0n) is 19.4. The summed E-state index contributed by atoms with van der Waals surface area (Å²) in [5, 5.41) is 13.9. The van der Waals surface area contributed by atoms with Crippen LogP contribution >= 0.6 is 0 Å². The van der Waals surface area contributed by atoms with Crippen LogP contribution in [0.3, 0.4) is 0 Å². The Bertz CT molecular complexity index is 1450. The molecule has 3 N–H and O–H groups in total. The third-order valence-electron chi connectivity index (χ3n) is 6.12. The second-order valence-electron chi connectivity index (χ2n) is 8.58. The molecule has 1 aromatic heterocycles. The van der Waals surface area contributed by atoms with E-state index in [9.17, 15) is 4.79 Å². The zero-order valence-corrected chi connectivity index (χ0v) is 19.4. The first-order valence-electron chi connectivity index (χ1n) is 11.8. The number of anilines is 2. The van der Waals surface area contributed by atoms with E-state index in [2.05, 4.69) is 58.1 Å². The molecule has 6 heteroatoms. The number of carbonyl (C=O) groups excluding carboxylic acids is 1. The molecule has 4 aromatic carbocycles. The standard InChI is InChI=1S/C29H27N5O/c30-27-15-13-24(21-7-2-1-3-8-21)19-28(27)31-29(35)16-14-25-20-34(33-32-25)18-17-23-11-6-10-22-9-4-5-12-26(22)23/h1-13,15,19-20H,14,16-18,30H2,(H,31,35). The molecule has 0 aliphatic rings. The highest BCUT2D eigenvalue weighted by Crippen LogP contribution is 2.27. The maximum atomic E-state index is 12.6. The zero-order chi connectivity index (χ0) is 24.0. The van der Waals surface area contributed by atoms with E-state index in [1.165, 1.54) is 16.3 Å². The lowest BCUT2D eigenvalue weighted by molar-refractivity contribution is -0.116. The van der Waals surface area contributed by atoms with Crippen LogP contribution in [-0.4, -0.2) is 20.9 Å². The summed E-state index contributed by atoms with van der Waals surface area (Å²) >= 11 is 0. The van der Waals surface area contributed by atoms with Crippen LogP contribution in [0.25, 0.3) is 21.9 Å². The van der Waals surface area contributed by atoms with Crippen molar-refractivity contribution in [2.24, 2.45) is 0 Å². The number of hydrogen-bond acceptors (Lipinski definition) is 4. The molecule has 35 heavy (non-hydrogen) atoms. The van der Waals surface area contributed by atoms with Gasteiger partial charge in [0.05, 0.1) is 17.1 Å². The molecule has 1 heterocycles. The number of amides is 1. The van der Waals surface area contributed by atoms with E-state index in [4.69, 9.17) is 5.73 Å². The maximum absolute atomic E-state index is 12.6. The molecule has 1 amide bonds. The number of nitrogens with zero attached hydrogens (tertiary/aromatic N) is 3. The third kappa shape index (κ3) is 5.38. The van der Waals surface area contributed by atoms with Gasteiger partial charge < -0.3 is 11.1 Å². The molecule has 0 atom stereocenters. The summed E-state index contributed by atoms with van der Waals surface area (Å²) in [6, 6.07) is 30.5. The van der Waals surface area contributed by atoms with E-state index >= 15 is 0 Å². The normalized spacial score (nSPS) is 11.0. The van der Waals surface area contributed by atoms with Crippen LogP contribution in [0.2, 0.25) is 0 Å². The first-order valence-corrected chi connectivity index (χ1v) is 11.8. The van der Waals surface area contributed by atoms with Crippen molar-refractivity contribution in [3.63, 3.8) is 0 Å². The monoisotopic (exact) mass is 461 g/mol. The Morgan fingerprint density at radius 2 is 1.66 bits per heavy atom. The van der Waals surface area contributed by atoms with Crippen molar-refractivity contribution in [1.82, 2.24) is 15.0 Å². The lowest BCUT2D eigenvalue weighted by Crippen LogP contribution is -2.13. The van der Waals surface area contributed by atoms with Gasteiger partial charge in [-0.3, -0.25) is 9.48 Å². The number of fused-ring (bicyclic) bond motifs is 1. The molecule has 0 aliphatic carbocycles. The van der Waals surface area contributed by atoms with Gasteiger partial charge in [0.15, 0.2) is 0 Å². The van der Waals surface area contributed by atoms with E-state index in [0.29, 0.717) is 24.2 Å². The van der Waals surface area contributed by atoms with Crippen LogP contribution in [0.5, 0.6) is 0 Å². The number of carbonyl (C=O) groups is 1. The highest BCUT2D eigenvalue weighted by atomic mass is 16.1. The van der Waals surface area contributed by atoms with Crippen molar-refractivity contribution >= 4 is 28.1 Å². The molecule has 0 saturated heterocycles. The number of hydrogen-bond donors (Lipinski definition) is 2. The number of nitrogens with two attached hydrogens (primary N) is 1. The Morgan fingerprint density at radius 1 is 0.857 bits per heavy atom. The van der Waals surface area contributed by atoms with Crippen molar-refractivity contribution in [3.8, 4) is 11.1 Å². The Kier molecular flexibility index (Phi) is 6.52.